The number of aliphatic hydroxyl groups excluding tert-OH is 1. The van der Waals surface area contributed by atoms with Crippen LogP contribution in [0.15, 0.2) is 46.5 Å². The van der Waals surface area contributed by atoms with E-state index in [4.69, 9.17) is 21.6 Å². The molecule has 2 fully saturated rings. The van der Waals surface area contributed by atoms with Gasteiger partial charge < -0.3 is 20.0 Å². The monoisotopic (exact) mass is 565 g/mol. The average molecular weight is 566 g/mol. The molecule has 1 spiro atoms. The van der Waals surface area contributed by atoms with E-state index in [1.54, 1.807) is 6.20 Å². The molecule has 3 aliphatic rings. The number of nitrogens with zero attached hydrogens (tertiary/aromatic N) is 5. The lowest BCUT2D eigenvalue weighted by molar-refractivity contribution is 0.00437. The summed E-state index contributed by atoms with van der Waals surface area (Å²) >= 11 is 8.27. The van der Waals surface area contributed by atoms with E-state index in [-0.39, 0.29) is 12.5 Å². The molecule has 39 heavy (non-hydrogen) atoms. The molecule has 2 saturated heterocycles. The molecular weight excluding hydrogens is 530 g/mol. The summed E-state index contributed by atoms with van der Waals surface area (Å²) in [5.41, 5.74) is 4.10. The van der Waals surface area contributed by atoms with Crippen LogP contribution in [0.2, 0.25) is 5.02 Å². The molecule has 0 radical (unpaired) electrons. The largest absolute Gasteiger partial charge is 0.390 e. The van der Waals surface area contributed by atoms with Crippen molar-refractivity contribution in [3.05, 3.63) is 64.1 Å². The lowest BCUT2D eigenvalue weighted by atomic mass is 9.76. The van der Waals surface area contributed by atoms with E-state index in [2.05, 4.69) is 39.0 Å². The highest BCUT2D eigenvalue weighted by Gasteiger charge is 2.41. The normalized spacial score (nSPS) is 18.9. The molecule has 6 rings (SSSR count). The Morgan fingerprint density at radius 2 is 1.72 bits per heavy atom. The SMILES string of the molecule is Cc1cc(Sc2cnc(N3CCC4(CC3)Cc3ccccc3C4)c(CO)n2)c(Cl)c(N2CC(C(C)(C)O)C2)n1. The lowest BCUT2D eigenvalue weighted by Gasteiger charge is -2.46. The third kappa shape index (κ3) is 5.24. The smallest absolute Gasteiger partial charge is 0.152 e. The number of pyridine rings is 1. The summed E-state index contributed by atoms with van der Waals surface area (Å²) in [4.78, 5) is 19.5. The van der Waals surface area contributed by atoms with E-state index in [1.165, 1.54) is 22.9 Å². The van der Waals surface area contributed by atoms with Crippen molar-refractivity contribution in [3.8, 4) is 0 Å². The van der Waals surface area contributed by atoms with Gasteiger partial charge in [0.05, 0.1) is 23.4 Å². The van der Waals surface area contributed by atoms with Crippen molar-refractivity contribution in [2.45, 2.75) is 68.6 Å². The van der Waals surface area contributed by atoms with E-state index >= 15 is 0 Å². The standard InChI is InChI=1S/C30H36ClN5O2S/c1-19-12-24(26(31)28(33-19)36-16-22(17-36)29(2,3)38)39-25-15-32-27(23(18-37)34-25)35-10-8-30(9-11-35)13-20-6-4-5-7-21(20)14-30/h4-7,12,15,22,37-38H,8-11,13-14,16-18H2,1-3H3. The number of hydrogen-bond acceptors (Lipinski definition) is 8. The molecule has 0 bridgehead atoms. The van der Waals surface area contributed by atoms with Gasteiger partial charge in [-0.05, 0) is 69.1 Å². The first-order chi connectivity index (χ1) is 18.6. The van der Waals surface area contributed by atoms with Gasteiger partial charge in [0.1, 0.15) is 16.5 Å². The second-order valence-electron chi connectivity index (χ2n) is 12.0. The van der Waals surface area contributed by atoms with Crippen LogP contribution < -0.4 is 9.80 Å². The van der Waals surface area contributed by atoms with Gasteiger partial charge in [0.2, 0.25) is 0 Å². The maximum Gasteiger partial charge on any atom is 0.152 e. The number of fused-ring (bicyclic) bond motifs is 1. The number of aliphatic hydroxyl groups is 2. The first-order valence-corrected chi connectivity index (χ1v) is 14.9. The van der Waals surface area contributed by atoms with Gasteiger partial charge in [0.15, 0.2) is 5.82 Å². The molecule has 2 N–H and O–H groups in total. The van der Waals surface area contributed by atoms with Crippen molar-refractivity contribution in [1.29, 1.82) is 0 Å². The molecule has 1 aromatic carbocycles. The first-order valence-electron chi connectivity index (χ1n) is 13.7. The second kappa shape index (κ2) is 10.2. The molecule has 206 valence electrons. The summed E-state index contributed by atoms with van der Waals surface area (Å²) < 4.78 is 0. The van der Waals surface area contributed by atoms with Crippen LogP contribution in [0.3, 0.4) is 0 Å². The molecule has 7 nitrogen and oxygen atoms in total. The van der Waals surface area contributed by atoms with Crippen LogP contribution in [0.4, 0.5) is 11.6 Å². The van der Waals surface area contributed by atoms with Crippen molar-refractivity contribution < 1.29 is 10.2 Å². The van der Waals surface area contributed by atoms with Gasteiger partial charge in [-0.3, -0.25) is 0 Å². The number of aryl methyl sites for hydroxylation is 1. The number of halogens is 1. The zero-order chi connectivity index (χ0) is 27.4. The van der Waals surface area contributed by atoms with E-state index in [0.29, 0.717) is 21.2 Å². The van der Waals surface area contributed by atoms with Gasteiger partial charge in [-0.25, -0.2) is 15.0 Å². The minimum atomic E-state index is -0.723. The predicted octanol–water partition coefficient (Wildman–Crippen LogP) is 5.07. The summed E-state index contributed by atoms with van der Waals surface area (Å²) in [5, 5.41) is 21.8. The van der Waals surface area contributed by atoms with Crippen LogP contribution in [-0.2, 0) is 19.4 Å². The van der Waals surface area contributed by atoms with E-state index in [1.807, 2.05) is 26.8 Å². The topological polar surface area (TPSA) is 85.6 Å². The Bertz CT molecular complexity index is 1350. The van der Waals surface area contributed by atoms with Gasteiger partial charge in [-0.15, -0.1) is 0 Å². The van der Waals surface area contributed by atoms with Crippen LogP contribution >= 0.6 is 23.4 Å². The summed E-state index contributed by atoms with van der Waals surface area (Å²) in [6.07, 6.45) is 6.34. The Morgan fingerprint density at radius 3 is 2.33 bits per heavy atom. The van der Waals surface area contributed by atoms with Gasteiger partial charge in [-0.2, -0.15) is 0 Å². The summed E-state index contributed by atoms with van der Waals surface area (Å²) in [7, 11) is 0. The quantitative estimate of drug-likeness (QED) is 0.428. The molecule has 9 heteroatoms. The Morgan fingerprint density at radius 1 is 1.05 bits per heavy atom. The van der Waals surface area contributed by atoms with E-state index in [9.17, 15) is 10.2 Å². The molecule has 3 aromatic rings. The van der Waals surface area contributed by atoms with Crippen LogP contribution in [0.25, 0.3) is 0 Å². The summed E-state index contributed by atoms with van der Waals surface area (Å²) in [6, 6.07) is 10.8. The zero-order valence-electron chi connectivity index (χ0n) is 22.8. The van der Waals surface area contributed by atoms with Crippen LogP contribution in [0.5, 0.6) is 0 Å². The maximum absolute atomic E-state index is 10.3. The van der Waals surface area contributed by atoms with Gasteiger partial charge in [-0.1, -0.05) is 47.6 Å². The molecule has 0 saturated carbocycles. The fourth-order valence-electron chi connectivity index (χ4n) is 6.25. The highest BCUT2D eigenvalue weighted by Crippen LogP contribution is 2.46. The van der Waals surface area contributed by atoms with E-state index in [0.717, 1.165) is 74.1 Å². The Kier molecular flexibility index (Phi) is 7.03. The summed E-state index contributed by atoms with van der Waals surface area (Å²) in [6.45, 7) is 8.76. The third-order valence-electron chi connectivity index (χ3n) is 8.75. The molecule has 0 atom stereocenters. The Labute approximate surface area is 239 Å². The highest BCUT2D eigenvalue weighted by molar-refractivity contribution is 7.99. The molecule has 0 unspecified atom stereocenters. The molecule has 0 amide bonds. The predicted molar refractivity (Wildman–Crippen MR) is 156 cm³/mol. The van der Waals surface area contributed by atoms with Crippen molar-refractivity contribution in [1.82, 2.24) is 15.0 Å². The first kappa shape index (κ1) is 26.8. The fraction of sp³-hybridized carbons (Fsp3) is 0.500. The molecular formula is C30H36ClN5O2S. The van der Waals surface area contributed by atoms with Crippen LogP contribution in [-0.4, -0.2) is 56.9 Å². The van der Waals surface area contributed by atoms with Crippen LogP contribution in [0, 0.1) is 18.3 Å². The summed E-state index contributed by atoms with van der Waals surface area (Å²) in [5.74, 6) is 1.71. The number of benzene rings is 1. The van der Waals surface area contributed by atoms with E-state index < -0.39 is 5.60 Å². The van der Waals surface area contributed by atoms with Gasteiger partial charge >= 0.3 is 0 Å². The Balaban J connectivity index is 1.15. The third-order valence-corrected chi connectivity index (χ3v) is 10.2. The molecule has 2 aliphatic heterocycles. The van der Waals surface area contributed by atoms with Crippen molar-refractivity contribution in [2.75, 3.05) is 36.0 Å². The molecule has 2 aromatic heterocycles. The van der Waals surface area contributed by atoms with Crippen LogP contribution in [0.1, 0.15) is 49.2 Å². The number of piperidine rings is 1. The second-order valence-corrected chi connectivity index (χ2v) is 13.4. The van der Waals surface area contributed by atoms with Gasteiger partial charge in [0.25, 0.3) is 0 Å². The number of aromatic nitrogens is 3. The highest BCUT2D eigenvalue weighted by atomic mass is 35.5. The molecule has 1 aliphatic carbocycles. The Hall–Kier alpha value is -2.39. The minimum absolute atomic E-state index is 0.162. The number of rotatable bonds is 6. The van der Waals surface area contributed by atoms with Gasteiger partial charge in [0, 0.05) is 42.7 Å². The zero-order valence-corrected chi connectivity index (χ0v) is 24.4. The fourth-order valence-corrected chi connectivity index (χ4v) is 7.48. The average Bonchev–Trinajstić information content (AvgIpc) is 3.23. The number of anilines is 2. The minimum Gasteiger partial charge on any atom is -0.390 e. The van der Waals surface area contributed by atoms with Crippen molar-refractivity contribution in [3.63, 3.8) is 0 Å². The lowest BCUT2D eigenvalue weighted by Crippen LogP contribution is -2.56. The number of hydrogen-bond donors (Lipinski definition) is 2. The maximum atomic E-state index is 10.3. The van der Waals surface area contributed by atoms with Crippen molar-refractivity contribution in [2.24, 2.45) is 11.3 Å². The molecule has 4 heterocycles. The van der Waals surface area contributed by atoms with Crippen molar-refractivity contribution >= 4 is 35.0 Å².